The van der Waals surface area contributed by atoms with E-state index in [4.69, 9.17) is 16.3 Å². The Morgan fingerprint density at radius 2 is 1.60 bits per heavy atom. The molecule has 1 aliphatic heterocycles. The van der Waals surface area contributed by atoms with Crippen molar-refractivity contribution in [2.75, 3.05) is 27.3 Å². The molecule has 0 unspecified atom stereocenters. The number of primary amides is 2. The summed E-state index contributed by atoms with van der Waals surface area (Å²) in [5.41, 5.74) is 13.3. The molecule has 6 N–H and O–H groups in total. The van der Waals surface area contributed by atoms with E-state index in [0.29, 0.717) is 25.4 Å². The third-order valence-electron chi connectivity index (χ3n) is 8.79. The van der Waals surface area contributed by atoms with E-state index in [1.54, 1.807) is 19.1 Å². The Hall–Kier alpha value is -4.13. The van der Waals surface area contributed by atoms with Crippen LogP contribution in [-0.2, 0) is 30.5 Å². The number of allylic oxidation sites excluding steroid dienone is 2. The van der Waals surface area contributed by atoms with Gasteiger partial charge in [-0.2, -0.15) is 0 Å². The minimum absolute atomic E-state index is 0. The summed E-state index contributed by atoms with van der Waals surface area (Å²) in [4.78, 5) is 57.0. The highest BCUT2D eigenvalue weighted by molar-refractivity contribution is 7.16. The zero-order valence-electron chi connectivity index (χ0n) is 34.4. The number of carbonyl (C=O) groups is 4. The van der Waals surface area contributed by atoms with Crippen molar-refractivity contribution >= 4 is 46.1 Å². The normalized spacial score (nSPS) is 18.0. The van der Waals surface area contributed by atoms with E-state index < -0.39 is 11.9 Å². The van der Waals surface area contributed by atoms with Crippen LogP contribution in [0.2, 0.25) is 0 Å². The molecule has 3 aromatic rings. The van der Waals surface area contributed by atoms with Crippen molar-refractivity contribution in [3.05, 3.63) is 82.0 Å². The Morgan fingerprint density at radius 1 is 1.00 bits per heavy atom. The Morgan fingerprint density at radius 3 is 2.13 bits per heavy atom. The predicted molar refractivity (Wildman–Crippen MR) is 234 cm³/mol. The highest BCUT2D eigenvalue weighted by Crippen LogP contribution is 2.43. The number of amides is 3. The Bertz CT molecular complexity index is 1530. The number of H-pyrrole nitrogens is 1. The molecule has 2 heterocycles. The molecule has 3 amide bonds. The summed E-state index contributed by atoms with van der Waals surface area (Å²) < 4.78 is 5.27. The lowest BCUT2D eigenvalue weighted by Crippen LogP contribution is -2.46. The average Bonchev–Trinajstić information content (AvgIpc) is 3.99. The van der Waals surface area contributed by atoms with Crippen LogP contribution in [0.3, 0.4) is 0 Å². The van der Waals surface area contributed by atoms with Gasteiger partial charge in [0.15, 0.2) is 0 Å². The number of thiazole rings is 1. The summed E-state index contributed by atoms with van der Waals surface area (Å²) >= 11 is 1.24. The number of para-hydroxylation sites is 1. The number of nitrogens with one attached hydrogen (secondary N) is 2. The molecule has 0 radical (unpaired) electrons. The molecule has 2 saturated carbocycles. The number of methoxy groups -OCH3 is 1. The van der Waals surface area contributed by atoms with E-state index >= 15 is 0 Å². The van der Waals surface area contributed by atoms with Crippen molar-refractivity contribution in [1.82, 2.24) is 15.2 Å². The van der Waals surface area contributed by atoms with Crippen LogP contribution < -0.4 is 21.7 Å². The van der Waals surface area contributed by atoms with Crippen LogP contribution in [0.15, 0.2) is 71.5 Å². The van der Waals surface area contributed by atoms with Crippen molar-refractivity contribution in [3.63, 3.8) is 0 Å². The topological polar surface area (TPSA) is 178 Å². The highest BCUT2D eigenvalue weighted by Gasteiger charge is 2.40. The second-order valence-corrected chi connectivity index (χ2v) is 15.0. The van der Waals surface area contributed by atoms with Crippen molar-refractivity contribution < 1.29 is 28.2 Å². The fourth-order valence-electron chi connectivity index (χ4n) is 5.27. The first-order chi connectivity index (χ1) is 26.4. The van der Waals surface area contributed by atoms with Gasteiger partial charge in [-0.1, -0.05) is 113 Å². The third-order valence-corrected chi connectivity index (χ3v) is 9.66. The first-order valence-electron chi connectivity index (χ1n) is 19.5. The number of unbranched alkanes of at least 4 members (excludes halogenated alkanes) is 3. The minimum atomic E-state index is -0.425. The standard InChI is InChI=1S/C14H19N3O2.C12H21NO.C7H5NOS.C5H10.C2H6O.C2H6.CH2O.3H2/c15-14(19)12-7-4-8-17(12)13(18)10-16-9-11-5-2-1-3-6-11;1-2-3-4-5-6-7-8-10-9-11(10)12(13)14;9-7-8-5-3-1-2-4-6(5)10-7;1-5(2)3-4-5;1-3-2;2*1-2;;;/h1-3,5-6,12,16H,4,7-10H2,(H2,15,19);6-7,10-11H,2-5,8-9H2,1H3,(H2,13,14);1-4H,(H,8,9);3-4H2,1-2H3;1-2H3;1-2H3;1H2;3*1H/t12-;10-,11+;;;;;;;;/m01......../s1. The molecule has 3 fully saturated rings. The second kappa shape index (κ2) is 30.1. The summed E-state index contributed by atoms with van der Waals surface area (Å²) in [6.45, 7) is 14.3. The maximum absolute atomic E-state index is 12.0. The Kier molecular flexibility index (Phi) is 27.9. The van der Waals surface area contributed by atoms with E-state index in [1.807, 2.05) is 75.2 Å². The zero-order valence-corrected chi connectivity index (χ0v) is 35.3. The molecule has 11 nitrogen and oxygen atoms in total. The molecule has 3 aliphatic rings. The van der Waals surface area contributed by atoms with E-state index in [1.165, 1.54) is 49.9 Å². The van der Waals surface area contributed by atoms with E-state index in [2.05, 4.69) is 48.0 Å². The van der Waals surface area contributed by atoms with Crippen LogP contribution in [-0.4, -0.2) is 67.7 Å². The minimum Gasteiger partial charge on any atom is -0.388 e. The second-order valence-electron chi connectivity index (χ2n) is 14.0. The van der Waals surface area contributed by atoms with Crippen molar-refractivity contribution in [2.24, 2.45) is 28.7 Å². The quantitative estimate of drug-likeness (QED) is 0.106. The molecule has 6 rings (SSSR count). The van der Waals surface area contributed by atoms with Gasteiger partial charge in [0.25, 0.3) is 0 Å². The van der Waals surface area contributed by atoms with Crippen LogP contribution in [0, 0.1) is 17.3 Å². The molecule has 314 valence electrons. The van der Waals surface area contributed by atoms with Gasteiger partial charge in [-0.05, 0) is 80.4 Å². The number of hydrogen-bond donors (Lipinski definition) is 4. The molecule has 1 aromatic heterocycles. The molecule has 55 heavy (non-hydrogen) atoms. The largest absolute Gasteiger partial charge is 0.388 e. The fourth-order valence-corrected chi connectivity index (χ4v) is 6.01. The van der Waals surface area contributed by atoms with Gasteiger partial charge in [-0.15, -0.1) is 0 Å². The molecule has 0 spiro atoms. The maximum Gasteiger partial charge on any atom is 0.305 e. The SMILES string of the molecule is C=O.CC.CC1(C)CC1.CCCCCC=CC[C@@H]1C[C@@H]1C(N)=O.COC.NC(=O)[C@@H]1CCCN1C(=O)CNCc1ccccc1.O=c1[nH]c2ccccc2s1.[HH].[HH].[HH]. The first kappa shape index (κ1) is 50.9. The Labute approximate surface area is 338 Å². The van der Waals surface area contributed by atoms with Gasteiger partial charge in [-0.3, -0.25) is 19.2 Å². The lowest BCUT2D eigenvalue weighted by molar-refractivity contribution is -0.136. The van der Waals surface area contributed by atoms with Crippen LogP contribution in [0.25, 0.3) is 10.2 Å². The molecule has 3 atom stereocenters. The lowest BCUT2D eigenvalue weighted by Gasteiger charge is -2.22. The number of aromatic amines is 1. The summed E-state index contributed by atoms with van der Waals surface area (Å²) in [6, 6.07) is 17.1. The number of fused-ring (bicyclic) bond motifs is 1. The summed E-state index contributed by atoms with van der Waals surface area (Å²) in [7, 11) is 3.25. The van der Waals surface area contributed by atoms with Gasteiger partial charge >= 0.3 is 4.87 Å². The van der Waals surface area contributed by atoms with Gasteiger partial charge < -0.3 is 36.2 Å². The monoisotopic (exact) mass is 790 g/mol. The third kappa shape index (κ3) is 23.4. The Balaban J connectivity index is -0.000000331. The summed E-state index contributed by atoms with van der Waals surface area (Å²) in [6.07, 6.45) is 16.0. The number of benzene rings is 2. The van der Waals surface area contributed by atoms with E-state index in [0.717, 1.165) is 40.5 Å². The fraction of sp³-hybridized carbons (Fsp3) is 0.558. The maximum atomic E-state index is 12.0. The number of nitrogens with zero attached hydrogens (tertiary/aromatic N) is 1. The molecule has 2 aromatic carbocycles. The summed E-state index contributed by atoms with van der Waals surface area (Å²) in [5.74, 6) is 0.144. The number of hydrogen-bond acceptors (Lipinski definition) is 8. The van der Waals surface area contributed by atoms with Gasteiger partial charge in [0.05, 0.1) is 16.8 Å². The van der Waals surface area contributed by atoms with Gasteiger partial charge in [-0.25, -0.2) is 0 Å². The number of ether oxygens (including phenoxy) is 1. The number of carbonyl (C=O) groups excluding carboxylic acids is 4. The first-order valence-corrected chi connectivity index (χ1v) is 20.3. The molecule has 0 bridgehead atoms. The average molecular weight is 790 g/mol. The van der Waals surface area contributed by atoms with Gasteiger partial charge in [0.1, 0.15) is 12.8 Å². The molecule has 12 heteroatoms. The zero-order chi connectivity index (χ0) is 41.6. The lowest BCUT2D eigenvalue weighted by atomic mass is 10.1. The van der Waals surface area contributed by atoms with E-state index in [9.17, 15) is 19.2 Å². The van der Waals surface area contributed by atoms with Crippen LogP contribution >= 0.6 is 11.3 Å². The van der Waals surface area contributed by atoms with Crippen molar-refractivity contribution in [3.8, 4) is 0 Å². The number of likely N-dealkylation sites (tertiary alicyclic amines) is 1. The van der Waals surface area contributed by atoms with Gasteiger partial charge in [0, 0.05) is 37.5 Å². The van der Waals surface area contributed by atoms with Crippen LogP contribution in [0.1, 0.15) is 109 Å². The van der Waals surface area contributed by atoms with E-state index in [-0.39, 0.29) is 33.4 Å². The smallest absolute Gasteiger partial charge is 0.305 e. The number of rotatable bonds is 12. The van der Waals surface area contributed by atoms with Crippen molar-refractivity contribution in [2.45, 2.75) is 111 Å². The summed E-state index contributed by atoms with van der Waals surface area (Å²) in [5, 5.41) is 3.09. The highest BCUT2D eigenvalue weighted by atomic mass is 32.1. The molecular weight excluding hydrogens is 715 g/mol. The number of aromatic nitrogens is 1. The van der Waals surface area contributed by atoms with Crippen LogP contribution in [0.4, 0.5) is 0 Å². The molecular formula is C43H75N5O6S. The van der Waals surface area contributed by atoms with Crippen LogP contribution in [0.5, 0.6) is 0 Å². The molecule has 1 saturated heterocycles. The van der Waals surface area contributed by atoms with Gasteiger partial charge in [0.2, 0.25) is 17.7 Å². The predicted octanol–water partition coefficient (Wildman–Crippen LogP) is 8.12. The number of nitrogens with two attached hydrogens (primary N) is 2. The molecule has 2 aliphatic carbocycles. The van der Waals surface area contributed by atoms with Crippen molar-refractivity contribution in [1.29, 1.82) is 0 Å².